The molecule has 0 saturated carbocycles. The van der Waals surface area contributed by atoms with Gasteiger partial charge in [-0.3, -0.25) is 0 Å². The zero-order chi connectivity index (χ0) is 12.1. The van der Waals surface area contributed by atoms with Crippen molar-refractivity contribution in [3.8, 4) is 0 Å². The molecule has 0 bridgehead atoms. The fourth-order valence-corrected chi connectivity index (χ4v) is 1.71. The molecule has 1 atom stereocenters. The van der Waals surface area contributed by atoms with Crippen LogP contribution in [-0.2, 0) is 0 Å². The third-order valence-corrected chi connectivity index (χ3v) is 2.58. The zero-order valence-corrected chi connectivity index (χ0v) is 9.32. The lowest BCUT2D eigenvalue weighted by atomic mass is 9.99. The molecule has 0 amide bonds. The Morgan fingerprint density at radius 1 is 0.941 bits per heavy atom. The van der Waals surface area contributed by atoms with E-state index in [1.54, 1.807) is 0 Å². The van der Waals surface area contributed by atoms with Crippen molar-refractivity contribution < 1.29 is 5.11 Å². The van der Waals surface area contributed by atoms with Crippen molar-refractivity contribution in [1.29, 1.82) is 0 Å². The normalized spacial score (nSPS) is 13.4. The Balaban J connectivity index is 2.33. The lowest BCUT2D eigenvalue weighted by Crippen LogP contribution is -2.15. The molecule has 2 aromatic carbocycles. The van der Waals surface area contributed by atoms with Crippen molar-refractivity contribution in [1.82, 2.24) is 0 Å². The first-order valence-electron chi connectivity index (χ1n) is 5.39. The highest BCUT2D eigenvalue weighted by Crippen LogP contribution is 2.18. The first-order valence-corrected chi connectivity index (χ1v) is 5.39. The number of aliphatic hydroxyl groups excluding tert-OH is 1. The lowest BCUT2D eigenvalue weighted by Gasteiger charge is -2.13. The molecule has 0 radical (unpaired) electrons. The van der Waals surface area contributed by atoms with Gasteiger partial charge in [-0.05, 0) is 5.56 Å². The van der Waals surface area contributed by atoms with Crippen molar-refractivity contribution >= 4 is 5.71 Å². The Kier molecular flexibility index (Phi) is 3.52. The van der Waals surface area contributed by atoms with Gasteiger partial charge in [-0.25, -0.2) is 0 Å². The van der Waals surface area contributed by atoms with Gasteiger partial charge in [0.25, 0.3) is 0 Å². The second-order valence-corrected chi connectivity index (χ2v) is 3.69. The van der Waals surface area contributed by atoms with Crippen molar-refractivity contribution in [2.45, 2.75) is 6.10 Å². The predicted molar refractivity (Wildman–Crippen MR) is 68.6 cm³/mol. The van der Waals surface area contributed by atoms with Gasteiger partial charge in [0.15, 0.2) is 0 Å². The first-order chi connectivity index (χ1) is 8.33. The second kappa shape index (κ2) is 5.27. The van der Waals surface area contributed by atoms with Crippen LogP contribution in [0.2, 0.25) is 0 Å². The Hall–Kier alpha value is -2.13. The topological polar surface area (TPSA) is 58.6 Å². The van der Waals surface area contributed by atoms with Gasteiger partial charge in [0, 0.05) is 5.56 Å². The second-order valence-electron chi connectivity index (χ2n) is 3.69. The van der Waals surface area contributed by atoms with Crippen LogP contribution in [0.25, 0.3) is 0 Å². The van der Waals surface area contributed by atoms with Gasteiger partial charge in [0.1, 0.15) is 11.8 Å². The minimum absolute atomic E-state index is 0.469. The standard InChI is InChI=1S/C14H14N2O/c15-16-13(11-7-3-1-4-8-11)14(17)12-9-5-2-6-10-12/h1-10,14,17H,15H2. The molecule has 0 aromatic heterocycles. The van der Waals surface area contributed by atoms with E-state index in [1.165, 1.54) is 0 Å². The highest BCUT2D eigenvalue weighted by Gasteiger charge is 2.16. The summed E-state index contributed by atoms with van der Waals surface area (Å²) in [4.78, 5) is 0. The highest BCUT2D eigenvalue weighted by atomic mass is 16.3. The van der Waals surface area contributed by atoms with Crippen LogP contribution in [0.15, 0.2) is 65.8 Å². The smallest absolute Gasteiger partial charge is 0.123 e. The van der Waals surface area contributed by atoms with Crippen LogP contribution in [0.4, 0.5) is 0 Å². The average molecular weight is 226 g/mol. The Morgan fingerprint density at radius 3 is 2.00 bits per heavy atom. The molecule has 0 saturated heterocycles. The fraction of sp³-hybridized carbons (Fsp3) is 0.0714. The molecule has 0 aliphatic carbocycles. The molecule has 3 nitrogen and oxygen atoms in total. The summed E-state index contributed by atoms with van der Waals surface area (Å²) >= 11 is 0. The van der Waals surface area contributed by atoms with Gasteiger partial charge in [-0.2, -0.15) is 5.10 Å². The molecule has 0 heterocycles. The summed E-state index contributed by atoms with van der Waals surface area (Å²) in [7, 11) is 0. The first kappa shape index (κ1) is 11.4. The van der Waals surface area contributed by atoms with Crippen molar-refractivity contribution in [2.75, 3.05) is 0 Å². The van der Waals surface area contributed by atoms with Crippen LogP contribution in [0.1, 0.15) is 17.2 Å². The molecule has 0 fully saturated rings. The molecule has 2 rings (SSSR count). The summed E-state index contributed by atoms with van der Waals surface area (Å²) in [5, 5.41) is 13.9. The van der Waals surface area contributed by atoms with E-state index in [1.807, 2.05) is 60.7 Å². The summed E-state index contributed by atoms with van der Waals surface area (Å²) in [6, 6.07) is 18.8. The predicted octanol–water partition coefficient (Wildman–Crippen LogP) is 2.08. The number of benzene rings is 2. The van der Waals surface area contributed by atoms with Gasteiger partial charge < -0.3 is 10.9 Å². The minimum Gasteiger partial charge on any atom is -0.382 e. The lowest BCUT2D eigenvalue weighted by molar-refractivity contribution is 0.247. The average Bonchev–Trinajstić information content (AvgIpc) is 2.42. The van der Waals surface area contributed by atoms with Gasteiger partial charge in [-0.1, -0.05) is 60.7 Å². The Labute approximate surface area is 100 Å². The number of nitrogens with zero attached hydrogens (tertiary/aromatic N) is 1. The maximum absolute atomic E-state index is 10.2. The van der Waals surface area contributed by atoms with Crippen molar-refractivity contribution in [3.05, 3.63) is 71.8 Å². The summed E-state index contributed by atoms with van der Waals surface area (Å²) in [6.45, 7) is 0. The van der Waals surface area contributed by atoms with Gasteiger partial charge in [0.05, 0.1) is 0 Å². The maximum atomic E-state index is 10.2. The number of nitrogens with two attached hydrogens (primary N) is 1. The molecular weight excluding hydrogens is 212 g/mol. The molecule has 0 aliphatic rings. The molecule has 2 aromatic rings. The minimum atomic E-state index is -0.802. The van der Waals surface area contributed by atoms with E-state index in [9.17, 15) is 5.11 Å². The number of hydrogen-bond donors (Lipinski definition) is 2. The fourth-order valence-electron chi connectivity index (χ4n) is 1.71. The number of rotatable bonds is 3. The molecule has 0 spiro atoms. The Bertz CT molecular complexity index is 494. The monoisotopic (exact) mass is 226 g/mol. The quantitative estimate of drug-likeness (QED) is 0.478. The molecule has 86 valence electrons. The van der Waals surface area contributed by atoms with E-state index in [-0.39, 0.29) is 0 Å². The largest absolute Gasteiger partial charge is 0.382 e. The van der Waals surface area contributed by atoms with E-state index < -0.39 is 6.10 Å². The van der Waals surface area contributed by atoms with Gasteiger partial charge >= 0.3 is 0 Å². The van der Waals surface area contributed by atoms with Crippen LogP contribution >= 0.6 is 0 Å². The van der Waals surface area contributed by atoms with Crippen LogP contribution in [0, 0.1) is 0 Å². The molecular formula is C14H14N2O. The summed E-state index contributed by atoms with van der Waals surface area (Å²) < 4.78 is 0. The molecule has 1 unspecified atom stereocenters. The summed E-state index contributed by atoms with van der Waals surface area (Å²) in [5.41, 5.74) is 2.07. The van der Waals surface area contributed by atoms with E-state index >= 15 is 0 Å². The maximum Gasteiger partial charge on any atom is 0.123 e. The van der Waals surface area contributed by atoms with Crippen LogP contribution < -0.4 is 5.84 Å². The molecule has 3 heteroatoms. The highest BCUT2D eigenvalue weighted by molar-refractivity contribution is 6.03. The van der Waals surface area contributed by atoms with E-state index in [2.05, 4.69) is 5.10 Å². The van der Waals surface area contributed by atoms with Crippen LogP contribution in [-0.4, -0.2) is 10.8 Å². The number of aliphatic hydroxyl groups is 1. The molecule has 0 aliphatic heterocycles. The van der Waals surface area contributed by atoms with E-state index in [0.29, 0.717) is 5.71 Å². The third-order valence-electron chi connectivity index (χ3n) is 2.58. The summed E-state index contributed by atoms with van der Waals surface area (Å²) in [6.07, 6.45) is -0.802. The number of hydrogen-bond acceptors (Lipinski definition) is 3. The van der Waals surface area contributed by atoms with Gasteiger partial charge in [0.2, 0.25) is 0 Å². The van der Waals surface area contributed by atoms with E-state index in [4.69, 9.17) is 5.84 Å². The molecule has 3 N–H and O–H groups in total. The SMILES string of the molecule is NN=C(c1ccccc1)C(O)c1ccccc1. The zero-order valence-electron chi connectivity index (χ0n) is 9.32. The van der Waals surface area contributed by atoms with Crippen molar-refractivity contribution in [3.63, 3.8) is 0 Å². The Morgan fingerprint density at radius 2 is 1.47 bits per heavy atom. The van der Waals surface area contributed by atoms with Gasteiger partial charge in [-0.15, -0.1) is 0 Å². The van der Waals surface area contributed by atoms with Crippen molar-refractivity contribution in [2.24, 2.45) is 10.9 Å². The third kappa shape index (κ3) is 2.52. The number of hydrazone groups is 1. The van der Waals surface area contributed by atoms with Crippen LogP contribution in [0.5, 0.6) is 0 Å². The summed E-state index contributed by atoms with van der Waals surface area (Å²) in [5.74, 6) is 5.37. The molecule has 17 heavy (non-hydrogen) atoms. The van der Waals surface area contributed by atoms with E-state index in [0.717, 1.165) is 11.1 Å². The van der Waals surface area contributed by atoms with Crippen LogP contribution in [0.3, 0.4) is 0 Å².